The molecule has 0 saturated carbocycles. The molecule has 5 heteroatoms. The molecule has 0 saturated heterocycles. The molecule has 0 radical (unpaired) electrons. The lowest BCUT2D eigenvalue weighted by molar-refractivity contribution is 1.32. The fraction of sp³-hybridized carbons (Fsp3) is 0.0588. The van der Waals surface area contributed by atoms with E-state index in [9.17, 15) is 0 Å². The summed E-state index contributed by atoms with van der Waals surface area (Å²) in [5.74, 6) is 0.819. The molecule has 4 aromatic rings. The predicted octanol–water partition coefficient (Wildman–Crippen LogP) is 5.15. The molecular formula is C17H12ClN3S. The predicted molar refractivity (Wildman–Crippen MR) is 93.6 cm³/mol. The summed E-state index contributed by atoms with van der Waals surface area (Å²) in [6.07, 6.45) is 3.81. The molecule has 4 rings (SSSR count). The van der Waals surface area contributed by atoms with Gasteiger partial charge in [-0.05, 0) is 30.5 Å². The Bertz CT molecular complexity index is 976. The number of nitrogens with one attached hydrogen (secondary N) is 1. The fourth-order valence-corrected chi connectivity index (χ4v) is 3.24. The Morgan fingerprint density at radius 1 is 1.09 bits per heavy atom. The van der Waals surface area contributed by atoms with Crippen LogP contribution in [0.5, 0.6) is 0 Å². The zero-order chi connectivity index (χ0) is 15.1. The van der Waals surface area contributed by atoms with Gasteiger partial charge in [-0.1, -0.05) is 29.8 Å². The number of fused-ring (bicyclic) bond motifs is 2. The fourth-order valence-electron chi connectivity index (χ4n) is 2.53. The highest BCUT2D eigenvalue weighted by Crippen LogP contribution is 2.32. The van der Waals surface area contributed by atoms with Crippen LogP contribution in [0.2, 0.25) is 5.02 Å². The molecule has 0 aliphatic rings. The SMILES string of the molecule is CSc1ccc(-c2nc3c(Cl)c4ncccc4cc3[nH]2)cc1. The quantitative estimate of drug-likeness (QED) is 0.518. The third-order valence-corrected chi connectivity index (χ3v) is 4.75. The van der Waals surface area contributed by atoms with Crippen molar-refractivity contribution in [1.29, 1.82) is 0 Å². The van der Waals surface area contributed by atoms with Crippen LogP contribution in [0.1, 0.15) is 0 Å². The molecule has 2 heterocycles. The number of halogens is 1. The highest BCUT2D eigenvalue weighted by Gasteiger charge is 2.12. The lowest BCUT2D eigenvalue weighted by Gasteiger charge is -1.99. The first-order valence-electron chi connectivity index (χ1n) is 6.83. The lowest BCUT2D eigenvalue weighted by atomic mass is 10.2. The van der Waals surface area contributed by atoms with Gasteiger partial charge in [0.1, 0.15) is 11.3 Å². The highest BCUT2D eigenvalue weighted by molar-refractivity contribution is 7.98. The number of aromatic nitrogens is 3. The van der Waals surface area contributed by atoms with E-state index < -0.39 is 0 Å². The van der Waals surface area contributed by atoms with E-state index in [1.807, 2.05) is 18.2 Å². The number of imidazole rings is 1. The van der Waals surface area contributed by atoms with Crippen LogP contribution in [0.15, 0.2) is 53.6 Å². The van der Waals surface area contributed by atoms with Crippen LogP contribution in [0.25, 0.3) is 33.3 Å². The summed E-state index contributed by atoms with van der Waals surface area (Å²) in [5, 5.41) is 1.60. The monoisotopic (exact) mass is 325 g/mol. The maximum absolute atomic E-state index is 6.47. The number of thioether (sulfide) groups is 1. The van der Waals surface area contributed by atoms with Gasteiger partial charge in [-0.3, -0.25) is 4.98 Å². The minimum atomic E-state index is 0.594. The summed E-state index contributed by atoms with van der Waals surface area (Å²) in [4.78, 5) is 13.6. The first kappa shape index (κ1) is 13.6. The Morgan fingerprint density at radius 2 is 1.91 bits per heavy atom. The first-order valence-corrected chi connectivity index (χ1v) is 8.44. The van der Waals surface area contributed by atoms with E-state index in [1.54, 1.807) is 18.0 Å². The average Bonchev–Trinajstić information content (AvgIpc) is 2.99. The second-order valence-electron chi connectivity index (χ2n) is 4.98. The van der Waals surface area contributed by atoms with E-state index in [0.29, 0.717) is 5.02 Å². The van der Waals surface area contributed by atoms with Crippen molar-refractivity contribution >= 4 is 45.3 Å². The van der Waals surface area contributed by atoms with Crippen LogP contribution in [0.4, 0.5) is 0 Å². The van der Waals surface area contributed by atoms with E-state index in [4.69, 9.17) is 11.6 Å². The minimum absolute atomic E-state index is 0.594. The number of hydrogen-bond acceptors (Lipinski definition) is 3. The van der Waals surface area contributed by atoms with Crippen molar-refractivity contribution in [2.45, 2.75) is 4.90 Å². The summed E-state index contributed by atoms with van der Waals surface area (Å²) in [7, 11) is 0. The van der Waals surface area contributed by atoms with Crippen molar-refractivity contribution in [3.63, 3.8) is 0 Å². The molecule has 0 amide bonds. The molecule has 0 bridgehead atoms. The van der Waals surface area contributed by atoms with E-state index in [2.05, 4.69) is 45.5 Å². The van der Waals surface area contributed by atoms with Gasteiger partial charge in [0.15, 0.2) is 0 Å². The van der Waals surface area contributed by atoms with Gasteiger partial charge in [0.2, 0.25) is 0 Å². The van der Waals surface area contributed by atoms with Crippen molar-refractivity contribution in [3.05, 3.63) is 53.7 Å². The van der Waals surface area contributed by atoms with Crippen LogP contribution in [0.3, 0.4) is 0 Å². The molecule has 3 nitrogen and oxygen atoms in total. The topological polar surface area (TPSA) is 41.6 Å². The number of nitrogens with zero attached hydrogens (tertiary/aromatic N) is 2. The lowest BCUT2D eigenvalue weighted by Crippen LogP contribution is -1.81. The summed E-state index contributed by atoms with van der Waals surface area (Å²) in [6.45, 7) is 0. The van der Waals surface area contributed by atoms with E-state index in [-0.39, 0.29) is 0 Å². The van der Waals surface area contributed by atoms with Crippen LogP contribution < -0.4 is 0 Å². The summed E-state index contributed by atoms with van der Waals surface area (Å²) in [6, 6.07) is 14.3. The van der Waals surface area contributed by atoms with E-state index in [0.717, 1.165) is 33.3 Å². The van der Waals surface area contributed by atoms with Crippen molar-refractivity contribution in [2.24, 2.45) is 0 Å². The number of hydrogen-bond donors (Lipinski definition) is 1. The number of rotatable bonds is 2. The van der Waals surface area contributed by atoms with E-state index in [1.165, 1.54) is 4.90 Å². The van der Waals surface area contributed by atoms with Gasteiger partial charge in [0, 0.05) is 22.0 Å². The smallest absolute Gasteiger partial charge is 0.138 e. The number of aromatic amines is 1. The molecule has 108 valence electrons. The minimum Gasteiger partial charge on any atom is -0.338 e. The van der Waals surface area contributed by atoms with Crippen molar-refractivity contribution < 1.29 is 0 Å². The normalized spacial score (nSPS) is 11.4. The van der Waals surface area contributed by atoms with Gasteiger partial charge in [0.25, 0.3) is 0 Å². The zero-order valence-electron chi connectivity index (χ0n) is 11.8. The number of H-pyrrole nitrogens is 1. The number of benzene rings is 2. The molecule has 2 aromatic carbocycles. The zero-order valence-corrected chi connectivity index (χ0v) is 13.4. The Labute approximate surface area is 136 Å². The van der Waals surface area contributed by atoms with Crippen molar-refractivity contribution in [3.8, 4) is 11.4 Å². The highest BCUT2D eigenvalue weighted by atomic mass is 35.5. The molecule has 0 unspecified atom stereocenters. The van der Waals surface area contributed by atoms with Crippen LogP contribution >= 0.6 is 23.4 Å². The molecule has 22 heavy (non-hydrogen) atoms. The molecule has 2 aromatic heterocycles. The maximum atomic E-state index is 6.47. The molecular weight excluding hydrogens is 314 g/mol. The van der Waals surface area contributed by atoms with Crippen LogP contribution in [0, 0.1) is 0 Å². The number of pyridine rings is 1. The second-order valence-corrected chi connectivity index (χ2v) is 6.23. The van der Waals surface area contributed by atoms with Gasteiger partial charge in [-0.15, -0.1) is 11.8 Å². The van der Waals surface area contributed by atoms with Crippen LogP contribution in [-0.4, -0.2) is 21.2 Å². The molecule has 0 spiro atoms. The third kappa shape index (κ3) is 2.16. The molecule has 0 aliphatic heterocycles. The summed E-state index contributed by atoms with van der Waals surface area (Å²) >= 11 is 8.20. The Morgan fingerprint density at radius 3 is 2.68 bits per heavy atom. The first-order chi connectivity index (χ1) is 10.8. The second kappa shape index (κ2) is 5.30. The van der Waals surface area contributed by atoms with Crippen molar-refractivity contribution in [2.75, 3.05) is 6.26 Å². The summed E-state index contributed by atoms with van der Waals surface area (Å²) < 4.78 is 0. The largest absolute Gasteiger partial charge is 0.338 e. The van der Waals surface area contributed by atoms with Crippen LogP contribution in [-0.2, 0) is 0 Å². The molecule has 0 aliphatic carbocycles. The van der Waals surface area contributed by atoms with Gasteiger partial charge in [-0.25, -0.2) is 4.98 Å². The maximum Gasteiger partial charge on any atom is 0.138 e. The van der Waals surface area contributed by atoms with Gasteiger partial charge < -0.3 is 4.98 Å². The van der Waals surface area contributed by atoms with E-state index >= 15 is 0 Å². The Balaban J connectivity index is 1.92. The van der Waals surface area contributed by atoms with Crippen molar-refractivity contribution in [1.82, 2.24) is 15.0 Å². The third-order valence-electron chi connectivity index (χ3n) is 3.65. The standard InChI is InChI=1S/C17H12ClN3S/c1-22-12-6-4-10(5-7-12)17-20-13-9-11-3-2-8-19-15(11)14(18)16(13)21-17/h2-9H,1H3,(H,20,21). The summed E-state index contributed by atoms with van der Waals surface area (Å²) in [5.41, 5.74) is 3.51. The molecule has 1 N–H and O–H groups in total. The Hall–Kier alpha value is -2.04. The van der Waals surface area contributed by atoms with Gasteiger partial charge in [-0.2, -0.15) is 0 Å². The van der Waals surface area contributed by atoms with Gasteiger partial charge in [0.05, 0.1) is 16.1 Å². The molecule has 0 fully saturated rings. The van der Waals surface area contributed by atoms with Gasteiger partial charge >= 0.3 is 0 Å². The average molecular weight is 326 g/mol. The Kier molecular flexibility index (Phi) is 3.28. The molecule has 0 atom stereocenters.